The summed E-state index contributed by atoms with van der Waals surface area (Å²) in [6.45, 7) is 3.88. The molecule has 2 heterocycles. The molecule has 0 unspecified atom stereocenters. The van der Waals surface area contributed by atoms with Gasteiger partial charge in [-0.25, -0.2) is 0 Å². The Hall–Kier alpha value is -2.35. The normalized spacial score (nSPS) is 13.9. The lowest BCUT2D eigenvalue weighted by atomic mass is 10.1. The molecule has 7 nitrogen and oxygen atoms in total. The van der Waals surface area contributed by atoms with E-state index in [2.05, 4.69) is 24.0 Å². The highest BCUT2D eigenvalue weighted by atomic mass is 32.2. The van der Waals surface area contributed by atoms with Crippen LogP contribution < -0.4 is 4.90 Å². The third-order valence-corrected chi connectivity index (χ3v) is 4.60. The van der Waals surface area contributed by atoms with Crippen LogP contribution in [0.4, 0.5) is 5.69 Å². The van der Waals surface area contributed by atoms with Gasteiger partial charge in [0.1, 0.15) is 6.54 Å². The molecule has 0 saturated heterocycles. The largest absolute Gasteiger partial charge is 0.454 e. The van der Waals surface area contributed by atoms with Gasteiger partial charge in [0.05, 0.1) is 11.4 Å². The molecule has 1 aliphatic heterocycles. The van der Waals surface area contributed by atoms with Crippen LogP contribution >= 0.6 is 11.8 Å². The topological polar surface area (TPSA) is 85.5 Å². The molecular weight excluding hydrogens is 342 g/mol. The first-order valence-corrected chi connectivity index (χ1v) is 9.00. The van der Waals surface area contributed by atoms with E-state index < -0.39 is 5.97 Å². The predicted octanol–water partition coefficient (Wildman–Crippen LogP) is 2.45. The lowest BCUT2D eigenvalue weighted by molar-refractivity contribution is -0.144. The van der Waals surface area contributed by atoms with Crippen LogP contribution in [0, 0.1) is 5.92 Å². The van der Waals surface area contributed by atoms with Gasteiger partial charge >= 0.3 is 5.97 Å². The summed E-state index contributed by atoms with van der Waals surface area (Å²) < 4.78 is 10.2. The fourth-order valence-electron chi connectivity index (χ4n) is 2.44. The molecule has 0 N–H and O–H groups in total. The van der Waals surface area contributed by atoms with E-state index >= 15 is 0 Å². The van der Waals surface area contributed by atoms with E-state index in [4.69, 9.17) is 9.26 Å². The summed E-state index contributed by atoms with van der Waals surface area (Å²) in [4.78, 5) is 30.8. The molecule has 132 valence electrons. The van der Waals surface area contributed by atoms with E-state index in [0.717, 1.165) is 10.6 Å². The van der Waals surface area contributed by atoms with E-state index in [1.807, 2.05) is 24.3 Å². The van der Waals surface area contributed by atoms with Gasteiger partial charge in [-0.05, 0) is 18.1 Å². The number of anilines is 1. The first-order valence-electron chi connectivity index (χ1n) is 8.02. The number of carbonyl (C=O) groups is 2. The van der Waals surface area contributed by atoms with Crippen molar-refractivity contribution in [3.63, 3.8) is 0 Å². The van der Waals surface area contributed by atoms with Crippen LogP contribution in [0.3, 0.4) is 0 Å². The first-order chi connectivity index (χ1) is 12.0. The summed E-state index contributed by atoms with van der Waals surface area (Å²) >= 11 is 1.47. The third kappa shape index (κ3) is 4.39. The third-order valence-electron chi connectivity index (χ3n) is 3.55. The molecule has 0 saturated carbocycles. The molecule has 1 aliphatic rings. The molecule has 8 heteroatoms. The van der Waals surface area contributed by atoms with Crippen molar-refractivity contribution in [3.05, 3.63) is 36.0 Å². The average Bonchev–Trinajstić information content (AvgIpc) is 3.02. The highest BCUT2D eigenvalue weighted by Crippen LogP contribution is 2.34. The Labute approximate surface area is 149 Å². The van der Waals surface area contributed by atoms with E-state index in [1.54, 1.807) is 0 Å². The summed E-state index contributed by atoms with van der Waals surface area (Å²) in [6.07, 6.45) is 0.703. The van der Waals surface area contributed by atoms with Crippen molar-refractivity contribution in [1.29, 1.82) is 0 Å². The number of aromatic nitrogens is 2. The Kier molecular flexibility index (Phi) is 5.37. The van der Waals surface area contributed by atoms with E-state index in [1.165, 1.54) is 16.7 Å². The number of thioether (sulfide) groups is 1. The van der Waals surface area contributed by atoms with Crippen molar-refractivity contribution in [2.24, 2.45) is 5.92 Å². The minimum atomic E-state index is -0.515. The lowest BCUT2D eigenvalue weighted by Gasteiger charge is -2.27. The molecular formula is C17H19N3O4S. The number of esters is 1. The molecule has 0 aliphatic carbocycles. The molecule has 0 spiro atoms. The van der Waals surface area contributed by atoms with Crippen molar-refractivity contribution in [2.75, 3.05) is 17.2 Å². The second kappa shape index (κ2) is 7.69. The Morgan fingerprint density at radius 1 is 1.40 bits per heavy atom. The van der Waals surface area contributed by atoms with Crippen LogP contribution in [0.15, 0.2) is 33.7 Å². The zero-order chi connectivity index (χ0) is 17.8. The maximum absolute atomic E-state index is 12.1. The van der Waals surface area contributed by atoms with Crippen LogP contribution in [-0.4, -0.2) is 34.3 Å². The van der Waals surface area contributed by atoms with Gasteiger partial charge in [-0.3, -0.25) is 14.5 Å². The molecule has 2 aromatic rings. The van der Waals surface area contributed by atoms with Crippen molar-refractivity contribution in [2.45, 2.75) is 31.8 Å². The SMILES string of the molecule is CC(C)Cc1noc(COC(=O)CN2C(=O)CSc3ccccc32)n1. The monoisotopic (exact) mass is 361 g/mol. The Balaban J connectivity index is 1.58. The minimum Gasteiger partial charge on any atom is -0.454 e. The van der Waals surface area contributed by atoms with Crippen LogP contribution in [-0.2, 0) is 27.4 Å². The second-order valence-corrected chi connectivity index (χ2v) is 7.12. The summed E-state index contributed by atoms with van der Waals surface area (Å²) in [5, 5.41) is 3.85. The van der Waals surface area contributed by atoms with Crippen molar-refractivity contribution in [1.82, 2.24) is 10.1 Å². The van der Waals surface area contributed by atoms with Gasteiger partial charge < -0.3 is 9.26 Å². The Morgan fingerprint density at radius 2 is 2.20 bits per heavy atom. The smallest absolute Gasteiger partial charge is 0.326 e. The number of hydrogen-bond acceptors (Lipinski definition) is 7. The van der Waals surface area contributed by atoms with Gasteiger partial charge in [0, 0.05) is 11.3 Å². The number of benzene rings is 1. The van der Waals surface area contributed by atoms with Gasteiger partial charge in [0.2, 0.25) is 5.91 Å². The number of fused-ring (bicyclic) bond motifs is 1. The number of nitrogens with zero attached hydrogens (tertiary/aromatic N) is 3. The fraction of sp³-hybridized carbons (Fsp3) is 0.412. The summed E-state index contributed by atoms with van der Waals surface area (Å²) in [5.41, 5.74) is 0.734. The van der Waals surface area contributed by atoms with Crippen molar-refractivity contribution >= 4 is 29.3 Å². The van der Waals surface area contributed by atoms with Crippen molar-refractivity contribution in [3.8, 4) is 0 Å². The maximum atomic E-state index is 12.1. The number of para-hydroxylation sites is 1. The molecule has 1 amide bonds. The highest BCUT2D eigenvalue weighted by Gasteiger charge is 2.26. The molecule has 1 aromatic carbocycles. The Bertz CT molecular complexity index is 775. The van der Waals surface area contributed by atoms with Crippen LogP contribution in [0.1, 0.15) is 25.6 Å². The average molecular weight is 361 g/mol. The van der Waals surface area contributed by atoms with Gasteiger partial charge in [0.25, 0.3) is 5.89 Å². The highest BCUT2D eigenvalue weighted by molar-refractivity contribution is 8.00. The lowest BCUT2D eigenvalue weighted by Crippen LogP contribution is -2.39. The van der Waals surface area contributed by atoms with Gasteiger partial charge in [-0.2, -0.15) is 4.98 Å². The summed E-state index contributed by atoms with van der Waals surface area (Å²) in [6, 6.07) is 7.50. The number of carbonyl (C=O) groups excluding carboxylic acids is 2. The van der Waals surface area contributed by atoms with Crippen LogP contribution in [0.25, 0.3) is 0 Å². The Morgan fingerprint density at radius 3 is 3.00 bits per heavy atom. The molecule has 0 radical (unpaired) electrons. The predicted molar refractivity (Wildman–Crippen MR) is 92.2 cm³/mol. The second-order valence-electron chi connectivity index (χ2n) is 6.10. The molecule has 25 heavy (non-hydrogen) atoms. The number of ether oxygens (including phenoxy) is 1. The number of rotatable bonds is 6. The molecule has 0 atom stereocenters. The molecule has 0 fully saturated rings. The van der Waals surface area contributed by atoms with E-state index in [0.29, 0.717) is 23.9 Å². The first kappa shape index (κ1) is 17.5. The standard InChI is InChI=1S/C17H19N3O4S/c1-11(2)7-14-18-15(24-19-14)9-23-17(22)8-20-12-5-3-4-6-13(12)25-10-16(20)21/h3-6,11H,7-10H2,1-2H3. The number of amides is 1. The van der Waals surface area contributed by atoms with Gasteiger partial charge in [0.15, 0.2) is 12.4 Å². The van der Waals surface area contributed by atoms with Crippen LogP contribution in [0.2, 0.25) is 0 Å². The zero-order valence-corrected chi connectivity index (χ0v) is 14.9. The van der Waals surface area contributed by atoms with Gasteiger partial charge in [-0.15, -0.1) is 11.8 Å². The summed E-state index contributed by atoms with van der Waals surface area (Å²) in [5.74, 6) is 0.947. The zero-order valence-electron chi connectivity index (χ0n) is 14.1. The van der Waals surface area contributed by atoms with Crippen LogP contribution in [0.5, 0.6) is 0 Å². The fourth-order valence-corrected chi connectivity index (χ4v) is 3.38. The van der Waals surface area contributed by atoms with E-state index in [9.17, 15) is 9.59 Å². The maximum Gasteiger partial charge on any atom is 0.326 e. The molecule has 1 aromatic heterocycles. The van der Waals surface area contributed by atoms with Crippen molar-refractivity contribution < 1.29 is 18.8 Å². The molecule has 3 rings (SSSR count). The minimum absolute atomic E-state index is 0.0949. The quantitative estimate of drug-likeness (QED) is 0.731. The molecule has 0 bridgehead atoms. The number of hydrogen-bond donors (Lipinski definition) is 0. The van der Waals surface area contributed by atoms with E-state index in [-0.39, 0.29) is 24.9 Å². The van der Waals surface area contributed by atoms with Gasteiger partial charge in [-0.1, -0.05) is 31.1 Å². The summed E-state index contributed by atoms with van der Waals surface area (Å²) in [7, 11) is 0.